The summed E-state index contributed by atoms with van der Waals surface area (Å²) in [7, 11) is 0. The largest absolute Gasteiger partial charge is 0.444 e. The SMILES string of the molecule is Cc1cnc(C(C)Nc2cnc(N)cn2)o1. The van der Waals surface area contributed by atoms with Gasteiger partial charge in [-0.1, -0.05) is 0 Å². The molecule has 0 saturated heterocycles. The number of anilines is 2. The maximum atomic E-state index is 5.44. The number of nitrogen functional groups attached to an aromatic ring is 1. The minimum atomic E-state index is -0.0633. The third-order valence-electron chi connectivity index (χ3n) is 2.05. The second-order valence-electron chi connectivity index (χ2n) is 3.50. The summed E-state index contributed by atoms with van der Waals surface area (Å²) < 4.78 is 5.39. The number of nitrogens with one attached hydrogen (secondary N) is 1. The number of nitrogens with zero attached hydrogens (tertiary/aromatic N) is 3. The molecule has 0 radical (unpaired) electrons. The highest BCUT2D eigenvalue weighted by Gasteiger charge is 2.11. The average Bonchev–Trinajstić information content (AvgIpc) is 2.68. The number of hydrogen-bond donors (Lipinski definition) is 2. The van der Waals surface area contributed by atoms with Crippen molar-refractivity contribution in [3.8, 4) is 0 Å². The molecule has 0 spiro atoms. The zero-order chi connectivity index (χ0) is 11.5. The molecule has 16 heavy (non-hydrogen) atoms. The topological polar surface area (TPSA) is 89.9 Å². The zero-order valence-electron chi connectivity index (χ0n) is 9.14. The molecule has 2 aromatic rings. The molecular formula is C10H13N5O. The van der Waals surface area contributed by atoms with Gasteiger partial charge in [-0.15, -0.1) is 0 Å². The fourth-order valence-electron chi connectivity index (χ4n) is 1.27. The average molecular weight is 219 g/mol. The van der Waals surface area contributed by atoms with E-state index in [0.717, 1.165) is 5.76 Å². The quantitative estimate of drug-likeness (QED) is 0.813. The highest BCUT2D eigenvalue weighted by atomic mass is 16.4. The van der Waals surface area contributed by atoms with Gasteiger partial charge in [0.15, 0.2) is 0 Å². The van der Waals surface area contributed by atoms with Gasteiger partial charge in [0.2, 0.25) is 5.89 Å². The first-order valence-corrected chi connectivity index (χ1v) is 4.91. The first-order chi connectivity index (χ1) is 7.65. The van der Waals surface area contributed by atoms with Crippen LogP contribution in [0.1, 0.15) is 24.6 Å². The minimum absolute atomic E-state index is 0.0633. The first-order valence-electron chi connectivity index (χ1n) is 4.91. The molecule has 1 unspecified atom stereocenters. The lowest BCUT2D eigenvalue weighted by Crippen LogP contribution is -2.08. The Kier molecular flexibility index (Phi) is 2.72. The van der Waals surface area contributed by atoms with Gasteiger partial charge in [-0.2, -0.15) is 0 Å². The Morgan fingerprint density at radius 1 is 1.25 bits per heavy atom. The van der Waals surface area contributed by atoms with E-state index in [4.69, 9.17) is 10.2 Å². The summed E-state index contributed by atoms with van der Waals surface area (Å²) in [5, 5.41) is 3.11. The number of aryl methyl sites for hydroxylation is 1. The monoisotopic (exact) mass is 219 g/mol. The van der Waals surface area contributed by atoms with Crippen molar-refractivity contribution in [1.82, 2.24) is 15.0 Å². The Balaban J connectivity index is 2.07. The van der Waals surface area contributed by atoms with Crippen LogP contribution in [0, 0.1) is 6.92 Å². The van der Waals surface area contributed by atoms with Crippen molar-refractivity contribution in [2.75, 3.05) is 11.1 Å². The van der Waals surface area contributed by atoms with E-state index in [9.17, 15) is 0 Å². The molecule has 2 aromatic heterocycles. The highest BCUT2D eigenvalue weighted by Crippen LogP contribution is 2.16. The van der Waals surface area contributed by atoms with Crippen molar-refractivity contribution < 1.29 is 4.42 Å². The maximum absolute atomic E-state index is 5.44. The van der Waals surface area contributed by atoms with E-state index < -0.39 is 0 Å². The molecule has 2 rings (SSSR count). The van der Waals surface area contributed by atoms with E-state index in [1.54, 1.807) is 12.4 Å². The van der Waals surface area contributed by atoms with Crippen LogP contribution in [0.25, 0.3) is 0 Å². The van der Waals surface area contributed by atoms with Crippen LogP contribution in [-0.2, 0) is 0 Å². The summed E-state index contributed by atoms with van der Waals surface area (Å²) in [6.07, 6.45) is 4.75. The Morgan fingerprint density at radius 3 is 2.62 bits per heavy atom. The molecule has 6 heteroatoms. The molecule has 0 aliphatic carbocycles. The fourth-order valence-corrected chi connectivity index (χ4v) is 1.27. The molecular weight excluding hydrogens is 206 g/mol. The van der Waals surface area contributed by atoms with E-state index in [1.165, 1.54) is 6.20 Å². The van der Waals surface area contributed by atoms with Crippen LogP contribution in [-0.4, -0.2) is 15.0 Å². The molecule has 0 aromatic carbocycles. The maximum Gasteiger partial charge on any atom is 0.216 e. The molecule has 0 fully saturated rings. The van der Waals surface area contributed by atoms with Gasteiger partial charge >= 0.3 is 0 Å². The van der Waals surface area contributed by atoms with Gasteiger partial charge in [0.05, 0.1) is 18.6 Å². The Bertz CT molecular complexity index is 464. The van der Waals surface area contributed by atoms with Crippen molar-refractivity contribution in [2.45, 2.75) is 19.9 Å². The van der Waals surface area contributed by atoms with Crippen LogP contribution in [0.2, 0.25) is 0 Å². The van der Waals surface area contributed by atoms with E-state index in [0.29, 0.717) is 17.5 Å². The van der Waals surface area contributed by atoms with Crippen molar-refractivity contribution in [3.05, 3.63) is 30.2 Å². The van der Waals surface area contributed by atoms with Gasteiger partial charge < -0.3 is 15.5 Å². The first kappa shape index (κ1) is 10.4. The van der Waals surface area contributed by atoms with Crippen LogP contribution < -0.4 is 11.1 Å². The molecule has 0 amide bonds. The second kappa shape index (κ2) is 4.18. The van der Waals surface area contributed by atoms with Crippen LogP contribution >= 0.6 is 0 Å². The smallest absolute Gasteiger partial charge is 0.216 e. The normalized spacial score (nSPS) is 12.4. The standard InChI is InChI=1S/C10H13N5O/c1-6-3-14-10(16-6)7(2)15-9-5-12-8(11)4-13-9/h3-5,7H,1-2H3,(H2,11,12)(H,13,15). The van der Waals surface area contributed by atoms with Crippen LogP contribution in [0.15, 0.2) is 23.0 Å². The minimum Gasteiger partial charge on any atom is -0.444 e. The fraction of sp³-hybridized carbons (Fsp3) is 0.300. The molecule has 3 N–H and O–H groups in total. The molecule has 6 nitrogen and oxygen atoms in total. The van der Waals surface area contributed by atoms with Gasteiger partial charge in [0, 0.05) is 0 Å². The molecule has 0 aliphatic heterocycles. The molecule has 0 saturated carbocycles. The Morgan fingerprint density at radius 2 is 2.06 bits per heavy atom. The second-order valence-corrected chi connectivity index (χ2v) is 3.50. The summed E-state index contributed by atoms with van der Waals surface area (Å²) >= 11 is 0. The molecule has 0 aliphatic rings. The van der Waals surface area contributed by atoms with Gasteiger partial charge in [-0.3, -0.25) is 0 Å². The number of hydrogen-bond acceptors (Lipinski definition) is 6. The zero-order valence-corrected chi connectivity index (χ0v) is 9.14. The summed E-state index contributed by atoms with van der Waals surface area (Å²) in [6.45, 7) is 3.79. The van der Waals surface area contributed by atoms with E-state index >= 15 is 0 Å². The van der Waals surface area contributed by atoms with Gasteiger partial charge in [-0.05, 0) is 13.8 Å². The number of nitrogens with two attached hydrogens (primary N) is 1. The lowest BCUT2D eigenvalue weighted by Gasteiger charge is -2.10. The Hall–Kier alpha value is -2.11. The Labute approximate surface area is 92.9 Å². The van der Waals surface area contributed by atoms with Gasteiger partial charge in [0.25, 0.3) is 0 Å². The van der Waals surface area contributed by atoms with Crippen molar-refractivity contribution in [2.24, 2.45) is 0 Å². The number of rotatable bonds is 3. The lowest BCUT2D eigenvalue weighted by molar-refractivity contribution is 0.453. The lowest BCUT2D eigenvalue weighted by atomic mass is 10.3. The number of aromatic nitrogens is 3. The predicted octanol–water partition coefficient (Wildman–Crippen LogP) is 1.53. The summed E-state index contributed by atoms with van der Waals surface area (Å²) in [4.78, 5) is 12.1. The molecule has 0 bridgehead atoms. The van der Waals surface area contributed by atoms with E-state index in [1.807, 2.05) is 13.8 Å². The highest BCUT2D eigenvalue weighted by molar-refractivity contribution is 5.37. The van der Waals surface area contributed by atoms with Crippen LogP contribution in [0.5, 0.6) is 0 Å². The van der Waals surface area contributed by atoms with E-state index in [2.05, 4.69) is 20.3 Å². The van der Waals surface area contributed by atoms with E-state index in [-0.39, 0.29) is 6.04 Å². The van der Waals surface area contributed by atoms with Crippen LogP contribution in [0.4, 0.5) is 11.6 Å². The van der Waals surface area contributed by atoms with Crippen molar-refractivity contribution >= 4 is 11.6 Å². The molecule has 1 atom stereocenters. The molecule has 2 heterocycles. The summed E-state index contributed by atoms with van der Waals surface area (Å²) in [5.41, 5.74) is 5.44. The van der Waals surface area contributed by atoms with Gasteiger partial charge in [-0.25, -0.2) is 15.0 Å². The number of oxazole rings is 1. The van der Waals surface area contributed by atoms with Crippen molar-refractivity contribution in [1.29, 1.82) is 0 Å². The van der Waals surface area contributed by atoms with Gasteiger partial charge in [0.1, 0.15) is 23.4 Å². The summed E-state index contributed by atoms with van der Waals surface area (Å²) in [5.74, 6) is 2.44. The predicted molar refractivity (Wildman–Crippen MR) is 59.7 cm³/mol. The third kappa shape index (κ3) is 2.28. The summed E-state index contributed by atoms with van der Waals surface area (Å²) in [6, 6.07) is -0.0633. The third-order valence-corrected chi connectivity index (χ3v) is 2.05. The molecule has 84 valence electrons. The van der Waals surface area contributed by atoms with Crippen LogP contribution in [0.3, 0.4) is 0 Å². The van der Waals surface area contributed by atoms with Crippen molar-refractivity contribution in [3.63, 3.8) is 0 Å².